The van der Waals surface area contributed by atoms with Crippen LogP contribution in [0.15, 0.2) is 17.3 Å². The summed E-state index contributed by atoms with van der Waals surface area (Å²) in [6.45, 7) is 9.86. The standard InChI is InChI=1S/C16H30N6O2/c1-7-22(15(23)24-16(2,3)4)11-10-18-14(17-5)19-12-13-8-9-20-21(13)6/h8-9H,7,10-12H2,1-6H3,(H2,17,18,19). The highest BCUT2D eigenvalue weighted by molar-refractivity contribution is 5.79. The van der Waals surface area contributed by atoms with E-state index in [1.807, 2.05) is 45.5 Å². The number of carbonyl (C=O) groups is 1. The largest absolute Gasteiger partial charge is 0.444 e. The topological polar surface area (TPSA) is 83.8 Å². The third kappa shape index (κ3) is 6.89. The van der Waals surface area contributed by atoms with E-state index in [0.29, 0.717) is 32.1 Å². The Morgan fingerprint density at radius 1 is 1.42 bits per heavy atom. The minimum atomic E-state index is -0.487. The Hall–Kier alpha value is -2.25. The highest BCUT2D eigenvalue weighted by Crippen LogP contribution is 2.09. The second kappa shape index (κ2) is 9.14. The number of rotatable bonds is 6. The Balaban J connectivity index is 2.39. The third-order valence-corrected chi connectivity index (χ3v) is 3.29. The molecule has 0 unspecified atom stereocenters. The van der Waals surface area contributed by atoms with Crippen molar-refractivity contribution >= 4 is 12.1 Å². The average Bonchev–Trinajstić information content (AvgIpc) is 2.90. The van der Waals surface area contributed by atoms with Crippen molar-refractivity contribution in [2.24, 2.45) is 12.0 Å². The first-order valence-corrected chi connectivity index (χ1v) is 8.16. The highest BCUT2D eigenvalue weighted by atomic mass is 16.6. The lowest BCUT2D eigenvalue weighted by atomic mass is 10.2. The smallest absolute Gasteiger partial charge is 0.410 e. The Morgan fingerprint density at radius 2 is 2.12 bits per heavy atom. The van der Waals surface area contributed by atoms with E-state index in [2.05, 4.69) is 20.7 Å². The Morgan fingerprint density at radius 3 is 2.62 bits per heavy atom. The molecule has 0 fully saturated rings. The molecule has 0 aliphatic carbocycles. The number of likely N-dealkylation sites (N-methyl/N-ethyl adjacent to an activating group) is 1. The number of aromatic nitrogens is 2. The number of aryl methyl sites for hydroxylation is 1. The molecule has 0 aliphatic heterocycles. The van der Waals surface area contributed by atoms with Crippen LogP contribution in [-0.2, 0) is 18.3 Å². The first-order chi connectivity index (χ1) is 11.3. The van der Waals surface area contributed by atoms with E-state index in [-0.39, 0.29) is 6.09 Å². The zero-order chi connectivity index (χ0) is 18.2. The van der Waals surface area contributed by atoms with Crippen LogP contribution in [0.1, 0.15) is 33.4 Å². The summed E-state index contributed by atoms with van der Waals surface area (Å²) >= 11 is 0. The van der Waals surface area contributed by atoms with Gasteiger partial charge in [0, 0.05) is 39.9 Å². The number of hydrogen-bond donors (Lipinski definition) is 2. The van der Waals surface area contributed by atoms with Crippen molar-refractivity contribution in [1.82, 2.24) is 25.3 Å². The second-order valence-electron chi connectivity index (χ2n) is 6.36. The Kier molecular flexibility index (Phi) is 7.54. The Labute approximate surface area is 144 Å². The summed E-state index contributed by atoms with van der Waals surface area (Å²) in [5, 5.41) is 10.5. The molecule has 0 saturated heterocycles. The minimum Gasteiger partial charge on any atom is -0.444 e. The van der Waals surface area contributed by atoms with Crippen LogP contribution in [0.3, 0.4) is 0 Å². The van der Waals surface area contributed by atoms with Crippen LogP contribution < -0.4 is 10.6 Å². The van der Waals surface area contributed by atoms with Gasteiger partial charge in [-0.2, -0.15) is 5.10 Å². The molecule has 8 heteroatoms. The monoisotopic (exact) mass is 338 g/mol. The maximum Gasteiger partial charge on any atom is 0.410 e. The molecule has 0 radical (unpaired) electrons. The number of carbonyl (C=O) groups excluding carboxylic acids is 1. The van der Waals surface area contributed by atoms with Crippen molar-refractivity contribution in [2.75, 3.05) is 26.7 Å². The van der Waals surface area contributed by atoms with Crippen molar-refractivity contribution in [2.45, 2.75) is 39.8 Å². The van der Waals surface area contributed by atoms with Crippen LogP contribution in [0.5, 0.6) is 0 Å². The average molecular weight is 338 g/mol. The molecule has 1 heterocycles. The fraction of sp³-hybridized carbons (Fsp3) is 0.688. The molecular weight excluding hydrogens is 308 g/mol. The molecule has 2 N–H and O–H groups in total. The summed E-state index contributed by atoms with van der Waals surface area (Å²) in [7, 11) is 3.61. The van der Waals surface area contributed by atoms with Gasteiger partial charge in [0.1, 0.15) is 5.60 Å². The van der Waals surface area contributed by atoms with Gasteiger partial charge in [0.25, 0.3) is 0 Å². The van der Waals surface area contributed by atoms with Gasteiger partial charge in [0.15, 0.2) is 5.96 Å². The quantitative estimate of drug-likeness (QED) is 0.604. The number of amides is 1. The number of aliphatic imine (C=N–C) groups is 1. The fourth-order valence-electron chi connectivity index (χ4n) is 1.98. The van der Waals surface area contributed by atoms with E-state index in [0.717, 1.165) is 5.69 Å². The van der Waals surface area contributed by atoms with E-state index in [4.69, 9.17) is 4.74 Å². The predicted molar refractivity (Wildman–Crippen MR) is 94.9 cm³/mol. The van der Waals surface area contributed by atoms with Crippen LogP contribution in [0.4, 0.5) is 4.79 Å². The van der Waals surface area contributed by atoms with E-state index in [9.17, 15) is 4.79 Å². The molecule has 1 amide bonds. The van der Waals surface area contributed by atoms with E-state index in [1.165, 1.54) is 0 Å². The normalized spacial score (nSPS) is 12.0. The summed E-state index contributed by atoms with van der Waals surface area (Å²) < 4.78 is 7.20. The van der Waals surface area contributed by atoms with E-state index < -0.39 is 5.60 Å². The highest BCUT2D eigenvalue weighted by Gasteiger charge is 2.20. The van der Waals surface area contributed by atoms with Crippen LogP contribution in [0, 0.1) is 0 Å². The third-order valence-electron chi connectivity index (χ3n) is 3.29. The van der Waals surface area contributed by atoms with Crippen LogP contribution in [-0.4, -0.2) is 59.0 Å². The maximum absolute atomic E-state index is 12.1. The summed E-state index contributed by atoms with van der Waals surface area (Å²) in [4.78, 5) is 17.9. The van der Waals surface area contributed by atoms with Gasteiger partial charge >= 0.3 is 6.09 Å². The van der Waals surface area contributed by atoms with E-state index in [1.54, 1.807) is 18.1 Å². The molecule has 0 saturated carbocycles. The second-order valence-corrected chi connectivity index (χ2v) is 6.36. The van der Waals surface area contributed by atoms with Gasteiger partial charge in [-0.15, -0.1) is 0 Å². The molecule has 8 nitrogen and oxygen atoms in total. The van der Waals surface area contributed by atoms with Crippen molar-refractivity contribution < 1.29 is 9.53 Å². The molecular formula is C16H30N6O2. The van der Waals surface area contributed by atoms with Gasteiger partial charge in [-0.1, -0.05) is 0 Å². The molecule has 0 spiro atoms. The van der Waals surface area contributed by atoms with Gasteiger partial charge in [-0.05, 0) is 33.8 Å². The lowest BCUT2D eigenvalue weighted by Crippen LogP contribution is -2.44. The summed E-state index contributed by atoms with van der Waals surface area (Å²) in [6, 6.07) is 1.95. The van der Waals surface area contributed by atoms with Gasteiger partial charge < -0.3 is 20.3 Å². The van der Waals surface area contributed by atoms with Crippen molar-refractivity contribution in [3.63, 3.8) is 0 Å². The summed E-state index contributed by atoms with van der Waals surface area (Å²) in [6.07, 6.45) is 1.46. The molecule has 0 atom stereocenters. The van der Waals surface area contributed by atoms with Crippen LogP contribution in [0.2, 0.25) is 0 Å². The molecule has 1 rings (SSSR count). The SMILES string of the molecule is CCN(CCNC(=NC)NCc1ccnn1C)C(=O)OC(C)(C)C. The number of guanidine groups is 1. The molecule has 0 bridgehead atoms. The lowest BCUT2D eigenvalue weighted by molar-refractivity contribution is 0.0264. The molecule has 0 aromatic carbocycles. The zero-order valence-corrected chi connectivity index (χ0v) is 15.6. The number of ether oxygens (including phenoxy) is 1. The van der Waals surface area contributed by atoms with Gasteiger partial charge in [-0.3, -0.25) is 9.67 Å². The molecule has 1 aromatic heterocycles. The first-order valence-electron chi connectivity index (χ1n) is 8.16. The minimum absolute atomic E-state index is 0.301. The molecule has 0 aliphatic rings. The van der Waals surface area contributed by atoms with Gasteiger partial charge in [0.05, 0.1) is 12.2 Å². The number of hydrogen-bond acceptors (Lipinski definition) is 4. The molecule has 24 heavy (non-hydrogen) atoms. The number of nitrogens with one attached hydrogen (secondary N) is 2. The fourth-order valence-corrected chi connectivity index (χ4v) is 1.98. The van der Waals surface area contributed by atoms with Crippen molar-refractivity contribution in [3.8, 4) is 0 Å². The van der Waals surface area contributed by atoms with Gasteiger partial charge in [-0.25, -0.2) is 4.79 Å². The van der Waals surface area contributed by atoms with Gasteiger partial charge in [0.2, 0.25) is 0 Å². The van der Waals surface area contributed by atoms with E-state index >= 15 is 0 Å². The van der Waals surface area contributed by atoms with Crippen LogP contribution in [0.25, 0.3) is 0 Å². The van der Waals surface area contributed by atoms with Crippen LogP contribution >= 0.6 is 0 Å². The zero-order valence-electron chi connectivity index (χ0n) is 15.6. The Bertz CT molecular complexity index is 547. The molecule has 136 valence electrons. The maximum atomic E-state index is 12.1. The predicted octanol–water partition coefficient (Wildman–Crippen LogP) is 1.34. The molecule has 1 aromatic rings. The number of nitrogens with zero attached hydrogens (tertiary/aromatic N) is 4. The summed E-state index contributed by atoms with van der Waals surface area (Å²) in [5.41, 5.74) is 0.570. The summed E-state index contributed by atoms with van der Waals surface area (Å²) in [5.74, 6) is 0.677. The lowest BCUT2D eigenvalue weighted by Gasteiger charge is -2.26. The first kappa shape index (κ1) is 19.8. The van der Waals surface area contributed by atoms with Crippen molar-refractivity contribution in [3.05, 3.63) is 18.0 Å². The van der Waals surface area contributed by atoms with Crippen molar-refractivity contribution in [1.29, 1.82) is 0 Å².